The van der Waals surface area contributed by atoms with E-state index in [0.717, 1.165) is 67.3 Å². The summed E-state index contributed by atoms with van der Waals surface area (Å²) in [6.07, 6.45) is 5.27. The molecule has 0 radical (unpaired) electrons. The predicted octanol–water partition coefficient (Wildman–Crippen LogP) is 5.15. The van der Waals surface area contributed by atoms with E-state index in [0.29, 0.717) is 12.3 Å². The van der Waals surface area contributed by atoms with Gasteiger partial charge in [-0.1, -0.05) is 67.1 Å². The molecule has 0 aromatic heterocycles. The molecule has 1 amide bonds. The highest BCUT2D eigenvalue weighted by atomic mass is 32.2. The lowest BCUT2D eigenvalue weighted by molar-refractivity contribution is 0.0769. The molecule has 8 nitrogen and oxygen atoms in total. The minimum Gasteiger partial charge on any atom is -0.490 e. The fourth-order valence-corrected chi connectivity index (χ4v) is 6.37. The molecule has 43 heavy (non-hydrogen) atoms. The number of sulfonamides is 1. The van der Waals surface area contributed by atoms with Gasteiger partial charge in [0.15, 0.2) is 0 Å². The van der Waals surface area contributed by atoms with Crippen LogP contribution in [0, 0.1) is 0 Å². The molecule has 3 aromatic rings. The van der Waals surface area contributed by atoms with Crippen LogP contribution in [0.5, 0.6) is 5.75 Å². The number of carbonyl (C=O) groups is 1. The first-order valence-electron chi connectivity index (χ1n) is 15.1. The summed E-state index contributed by atoms with van der Waals surface area (Å²) >= 11 is 0. The van der Waals surface area contributed by atoms with Gasteiger partial charge in [0.05, 0.1) is 29.1 Å². The number of hydrogen-bond donors (Lipinski definition) is 4. The third-order valence-electron chi connectivity index (χ3n) is 7.70. The van der Waals surface area contributed by atoms with E-state index in [9.17, 15) is 23.4 Å². The van der Waals surface area contributed by atoms with Crippen LogP contribution in [0.1, 0.15) is 80.0 Å². The average Bonchev–Trinajstić information content (AvgIpc) is 2.99. The standard InChI is InChI=1S/C34H44N2O6S/c1-34(2,39)20-22-43(40,41)36-33(38)30-18-17-28(23-32(30)42-29-11-7-4-8-12-29)26-15-13-25(14-16-26)19-21-35-24-31(37)27-9-5-3-6-10-27/h3,5-6,9-10,13-18,23,29,31,35,37,39H,4,7-8,11-12,19-22,24H2,1-2H3,(H,36,38)/t31-/m1/s1. The second-order valence-corrected chi connectivity index (χ2v) is 13.8. The van der Waals surface area contributed by atoms with Crippen molar-refractivity contribution in [2.45, 2.75) is 76.6 Å². The van der Waals surface area contributed by atoms with Crippen molar-refractivity contribution >= 4 is 15.9 Å². The van der Waals surface area contributed by atoms with Crippen LogP contribution in [0.25, 0.3) is 11.1 Å². The number of amides is 1. The number of hydrogen-bond acceptors (Lipinski definition) is 7. The van der Waals surface area contributed by atoms with Crippen molar-refractivity contribution < 1.29 is 28.2 Å². The van der Waals surface area contributed by atoms with Gasteiger partial charge < -0.3 is 20.3 Å². The maximum Gasteiger partial charge on any atom is 0.268 e. The molecular weight excluding hydrogens is 564 g/mol. The molecule has 4 N–H and O–H groups in total. The molecule has 1 fully saturated rings. The van der Waals surface area contributed by atoms with Crippen molar-refractivity contribution in [1.82, 2.24) is 10.0 Å². The second kappa shape index (κ2) is 15.0. The number of nitrogens with one attached hydrogen (secondary N) is 2. The van der Waals surface area contributed by atoms with E-state index in [1.807, 2.05) is 48.5 Å². The third kappa shape index (κ3) is 10.5. The molecule has 1 aliphatic carbocycles. The fraction of sp³-hybridized carbons (Fsp3) is 0.441. The van der Waals surface area contributed by atoms with E-state index >= 15 is 0 Å². The first kappa shape index (κ1) is 32.7. The molecule has 9 heteroatoms. The summed E-state index contributed by atoms with van der Waals surface area (Å²) in [5.41, 5.74) is 2.86. The highest BCUT2D eigenvalue weighted by Crippen LogP contribution is 2.31. The van der Waals surface area contributed by atoms with E-state index in [1.165, 1.54) is 13.8 Å². The van der Waals surface area contributed by atoms with Gasteiger partial charge >= 0.3 is 0 Å². The number of benzene rings is 3. The Bertz CT molecular complexity index is 1430. The summed E-state index contributed by atoms with van der Waals surface area (Å²) < 4.78 is 33.6. The van der Waals surface area contributed by atoms with Crippen LogP contribution in [0.4, 0.5) is 0 Å². The van der Waals surface area contributed by atoms with Crippen LogP contribution in [0.3, 0.4) is 0 Å². The van der Waals surface area contributed by atoms with Gasteiger partial charge in [0.25, 0.3) is 5.91 Å². The van der Waals surface area contributed by atoms with Gasteiger partial charge in [0.2, 0.25) is 10.0 Å². The zero-order valence-electron chi connectivity index (χ0n) is 25.1. The Labute approximate surface area is 255 Å². The van der Waals surface area contributed by atoms with Crippen molar-refractivity contribution in [3.8, 4) is 16.9 Å². The Balaban J connectivity index is 1.42. The van der Waals surface area contributed by atoms with E-state index < -0.39 is 27.6 Å². The van der Waals surface area contributed by atoms with Crippen molar-refractivity contribution in [3.05, 3.63) is 89.5 Å². The van der Waals surface area contributed by atoms with E-state index in [1.54, 1.807) is 12.1 Å². The minimum absolute atomic E-state index is 0.00167. The van der Waals surface area contributed by atoms with Gasteiger partial charge in [-0.15, -0.1) is 0 Å². The molecule has 0 aliphatic heterocycles. The first-order chi connectivity index (χ1) is 20.5. The van der Waals surface area contributed by atoms with Gasteiger partial charge in [0, 0.05) is 6.54 Å². The van der Waals surface area contributed by atoms with Gasteiger partial charge in [-0.05, 0) is 93.3 Å². The Morgan fingerprint density at radius 1 is 0.977 bits per heavy atom. The monoisotopic (exact) mass is 608 g/mol. The predicted molar refractivity (Wildman–Crippen MR) is 170 cm³/mol. The van der Waals surface area contributed by atoms with E-state index in [4.69, 9.17) is 4.74 Å². The van der Waals surface area contributed by atoms with E-state index in [2.05, 4.69) is 22.2 Å². The van der Waals surface area contributed by atoms with Crippen LogP contribution in [0.2, 0.25) is 0 Å². The molecule has 1 aliphatic rings. The van der Waals surface area contributed by atoms with Crippen LogP contribution in [0.15, 0.2) is 72.8 Å². The maximum atomic E-state index is 13.1. The van der Waals surface area contributed by atoms with Crippen molar-refractivity contribution in [2.75, 3.05) is 18.8 Å². The lowest BCUT2D eigenvalue weighted by Crippen LogP contribution is -2.35. The van der Waals surface area contributed by atoms with Crippen molar-refractivity contribution in [2.24, 2.45) is 0 Å². The zero-order chi connectivity index (χ0) is 30.9. The van der Waals surface area contributed by atoms with Crippen LogP contribution < -0.4 is 14.8 Å². The number of rotatable bonds is 14. The largest absolute Gasteiger partial charge is 0.490 e. The second-order valence-electron chi connectivity index (χ2n) is 12.0. The number of aliphatic hydroxyl groups is 2. The summed E-state index contributed by atoms with van der Waals surface area (Å²) in [6, 6.07) is 23.0. The van der Waals surface area contributed by atoms with Crippen LogP contribution in [-0.4, -0.2) is 55.1 Å². The third-order valence-corrected chi connectivity index (χ3v) is 8.94. The van der Waals surface area contributed by atoms with Crippen LogP contribution >= 0.6 is 0 Å². The molecule has 0 bridgehead atoms. The Hall–Kier alpha value is -3.24. The smallest absolute Gasteiger partial charge is 0.268 e. The zero-order valence-corrected chi connectivity index (χ0v) is 25.9. The first-order valence-corrected chi connectivity index (χ1v) is 16.8. The molecule has 0 spiro atoms. The number of ether oxygens (including phenoxy) is 1. The summed E-state index contributed by atoms with van der Waals surface area (Å²) in [5, 5.41) is 23.6. The summed E-state index contributed by atoms with van der Waals surface area (Å²) in [7, 11) is -3.94. The fourth-order valence-electron chi connectivity index (χ4n) is 5.11. The molecule has 232 valence electrons. The number of carbonyl (C=O) groups excluding carboxylic acids is 1. The lowest BCUT2D eigenvalue weighted by atomic mass is 9.97. The molecule has 3 aromatic carbocycles. The summed E-state index contributed by atoms with van der Waals surface area (Å²) in [5.74, 6) is -0.743. The molecular formula is C34H44N2O6S. The lowest BCUT2D eigenvalue weighted by Gasteiger charge is -2.24. The summed E-state index contributed by atoms with van der Waals surface area (Å²) in [4.78, 5) is 13.1. The SMILES string of the molecule is CC(C)(O)CCS(=O)(=O)NC(=O)c1ccc(-c2ccc(CCNC[C@@H](O)c3ccccc3)cc2)cc1OC1CCCCC1. The van der Waals surface area contributed by atoms with Gasteiger partial charge in [-0.3, -0.25) is 4.79 Å². The highest BCUT2D eigenvalue weighted by molar-refractivity contribution is 7.90. The van der Waals surface area contributed by atoms with Gasteiger partial charge in [0.1, 0.15) is 5.75 Å². The molecule has 1 saturated carbocycles. The normalized spacial score (nSPS) is 15.2. The quantitative estimate of drug-likeness (QED) is 0.187. The van der Waals surface area contributed by atoms with Crippen molar-refractivity contribution in [3.63, 3.8) is 0 Å². The minimum atomic E-state index is -3.94. The average molecular weight is 609 g/mol. The Morgan fingerprint density at radius 3 is 2.33 bits per heavy atom. The Kier molecular flexibility index (Phi) is 11.4. The van der Waals surface area contributed by atoms with Crippen molar-refractivity contribution in [1.29, 1.82) is 0 Å². The highest BCUT2D eigenvalue weighted by Gasteiger charge is 2.25. The topological polar surface area (TPSA) is 125 Å². The molecule has 0 unspecified atom stereocenters. The number of aliphatic hydroxyl groups excluding tert-OH is 1. The maximum absolute atomic E-state index is 13.1. The van der Waals surface area contributed by atoms with Gasteiger partial charge in [-0.25, -0.2) is 13.1 Å². The molecule has 1 atom stereocenters. The van der Waals surface area contributed by atoms with Crippen LogP contribution in [-0.2, 0) is 16.4 Å². The molecule has 0 saturated heterocycles. The molecule has 4 rings (SSSR count). The van der Waals surface area contributed by atoms with E-state index in [-0.39, 0.29) is 23.8 Å². The van der Waals surface area contributed by atoms with Gasteiger partial charge in [-0.2, -0.15) is 0 Å². The summed E-state index contributed by atoms with van der Waals surface area (Å²) in [6.45, 7) is 4.26. The Morgan fingerprint density at radius 2 is 1.65 bits per heavy atom. The molecule has 0 heterocycles.